The fraction of sp³-hybridized carbons (Fsp3) is 0.723. The van der Waals surface area contributed by atoms with Crippen LogP contribution in [-0.2, 0) is 4.74 Å². The zero-order chi connectivity index (χ0) is 80.8. The fourth-order valence-electron chi connectivity index (χ4n) is 32.9. The van der Waals surface area contributed by atoms with Crippen molar-refractivity contribution in [3.63, 3.8) is 0 Å². The molecule has 0 aromatic carbocycles. The number of nitrogens with zero attached hydrogens (tertiary/aromatic N) is 4. The second-order valence-corrected chi connectivity index (χ2v) is 43.0. The van der Waals surface area contributed by atoms with Gasteiger partial charge >= 0.3 is 0 Å². The Morgan fingerprint density at radius 2 is 0.600 bits per heavy atom. The number of aliphatic hydroxyl groups is 9. The molecule has 4 aromatic heterocycles. The third-order valence-corrected chi connectivity index (χ3v) is 38.4. The van der Waals surface area contributed by atoms with Crippen LogP contribution in [0.5, 0.6) is 0 Å². The van der Waals surface area contributed by atoms with Crippen molar-refractivity contribution in [2.45, 2.75) is 304 Å². The van der Waals surface area contributed by atoms with Crippen LogP contribution in [0.2, 0.25) is 0 Å². The van der Waals surface area contributed by atoms with Crippen LogP contribution in [0, 0.1) is 138 Å². The van der Waals surface area contributed by atoms with Crippen LogP contribution in [-0.4, -0.2) is 109 Å². The van der Waals surface area contributed by atoms with Gasteiger partial charge in [0.2, 0.25) is 5.70 Å². The molecule has 9 N–H and O–H groups in total. The summed E-state index contributed by atoms with van der Waals surface area (Å²) in [7, 11) is 1.80. The topological polar surface area (TPSA) is 207 Å². The van der Waals surface area contributed by atoms with E-state index in [1.54, 1.807) is 7.11 Å². The monoisotopic (exact) mass is 1580 g/mol. The minimum Gasteiger partial charge on any atom is -0.495 e. The normalized spacial score (nSPS) is 47.1. The number of aliphatic hydroxyl groups excluding tert-OH is 9. The first-order chi connectivity index (χ1) is 55.0. The summed E-state index contributed by atoms with van der Waals surface area (Å²) in [5.41, 5.74) is 11.1. The van der Waals surface area contributed by atoms with E-state index in [0.29, 0.717) is 99.6 Å². The van der Waals surface area contributed by atoms with Gasteiger partial charge in [-0.15, -0.1) is 0 Å². The predicted octanol–water partition coefficient (Wildman–Crippen LogP) is 15.7. The van der Waals surface area contributed by atoms with Crippen LogP contribution < -0.4 is 18.3 Å². The Morgan fingerprint density at radius 3 is 0.948 bits per heavy atom. The average Bonchev–Trinajstić information content (AvgIpc) is 1.63. The zero-order valence-electron chi connectivity index (χ0n) is 71.8. The molecule has 0 radical (unpaired) electrons. The minimum absolute atomic E-state index is 0.0247. The van der Waals surface area contributed by atoms with E-state index >= 15 is 0 Å². The molecule has 12 saturated carbocycles. The van der Waals surface area contributed by atoms with Crippen LogP contribution >= 0.6 is 0 Å². The van der Waals surface area contributed by atoms with E-state index < -0.39 is 0 Å². The Morgan fingerprint density at radius 1 is 0.322 bits per heavy atom. The highest BCUT2D eigenvalue weighted by molar-refractivity contribution is 5.56. The Kier molecular flexibility index (Phi) is 22.3. The number of rotatable bonds is 7. The Balaban J connectivity index is 0.000000111. The van der Waals surface area contributed by atoms with Gasteiger partial charge in [0.25, 0.3) is 0 Å². The highest BCUT2D eigenvalue weighted by Gasteiger charge is 2.70. The minimum atomic E-state index is -0.326. The number of methoxy groups -OCH3 is 1. The van der Waals surface area contributed by atoms with Crippen LogP contribution in [0.4, 0.5) is 0 Å². The summed E-state index contributed by atoms with van der Waals surface area (Å²) in [6, 6.07) is 25.1. The van der Waals surface area contributed by atoms with Gasteiger partial charge in [0.05, 0.1) is 84.2 Å². The molecule has 0 saturated heterocycles. The number of allylic oxidation sites excluding steroid dienone is 7. The van der Waals surface area contributed by atoms with Crippen molar-refractivity contribution in [1.82, 2.24) is 0 Å². The lowest BCUT2D eigenvalue weighted by atomic mass is 9.43. The van der Waals surface area contributed by atoms with Gasteiger partial charge < -0.3 is 50.7 Å². The van der Waals surface area contributed by atoms with Gasteiger partial charge in [0.15, 0.2) is 72.4 Å². The van der Waals surface area contributed by atoms with Crippen LogP contribution in [0.1, 0.15) is 255 Å². The van der Waals surface area contributed by atoms with Gasteiger partial charge in [-0.25, -0.2) is 0 Å². The van der Waals surface area contributed by atoms with E-state index in [2.05, 4.69) is 204 Å². The molecule has 0 bridgehead atoms. The van der Waals surface area contributed by atoms with Crippen molar-refractivity contribution in [3.8, 4) is 0 Å². The summed E-state index contributed by atoms with van der Waals surface area (Å²) >= 11 is 0. The molecule has 4 heterocycles. The van der Waals surface area contributed by atoms with E-state index in [1.165, 1.54) is 65.2 Å². The molecule has 20 rings (SSSR count). The predicted molar refractivity (Wildman–Crippen MR) is 447 cm³/mol. The Labute approximate surface area is 688 Å². The Hall–Kier alpha value is -5.00. The third kappa shape index (κ3) is 13.2. The molecule has 115 heavy (non-hydrogen) atoms. The van der Waals surface area contributed by atoms with Gasteiger partial charge in [-0.3, -0.25) is 0 Å². The first kappa shape index (κ1) is 82.3. The van der Waals surface area contributed by atoms with Gasteiger partial charge in [0.1, 0.15) is 0 Å². The molecule has 626 valence electrons. The maximum Gasteiger partial charge on any atom is 0.230 e. The molecule has 4 aromatic rings. The number of fused-ring (bicyclic) bond motifs is 20. The van der Waals surface area contributed by atoms with Crippen molar-refractivity contribution in [1.29, 1.82) is 0 Å². The molecule has 32 atom stereocenters. The van der Waals surface area contributed by atoms with Gasteiger partial charge in [-0.1, -0.05) is 58.9 Å². The number of hydrogen-bond donors (Lipinski definition) is 9. The van der Waals surface area contributed by atoms with Crippen molar-refractivity contribution in [3.05, 3.63) is 145 Å². The van der Waals surface area contributed by atoms with Crippen molar-refractivity contribution in [2.75, 3.05) is 13.7 Å². The van der Waals surface area contributed by atoms with E-state index in [4.69, 9.17) is 4.74 Å². The molecule has 0 spiro atoms. The smallest absolute Gasteiger partial charge is 0.230 e. The number of hydrogen-bond acceptors (Lipinski definition) is 10. The lowest BCUT2D eigenvalue weighted by Crippen LogP contribution is -2.60. The standard InChI is InChI=1S/C26H38NO2.2C25H36NO3.C25H36NO2/c1-4-26-11-9-20-23(22(29)16-18-15-19(28)8-10-25(18,20)3)21(26)14-17(2)24(26)27-12-6-5-7-13-27;1-24-9-7-17(27)13-16(24)14-20(28)22-18(24)8-10-25(2)19(22)15-21(29-3)23(25)26-11-5-4-6-12-26;1-16-12-20-22-19(24(2)8-6-18(28)13-17(24)14-21(22)29)7-9-25(20,15-27)23(16)26-10-4-3-5-11-26;1-16-13-20-22-19(24(2)9-7-18(27)14-17(24)15-21(22)28)8-10-25(20,3)23(16)26-11-5-4-6-12-26/h5-7,12-13,18-23,28-29H,4,8-11,14-16H2,1-3H3;4-6,11-12,16-20,22,27-28H,7-10,13-15H2,1-3H3;3-5,10-11,17-22,27-29H,6-9,12-15H2,1-2H3;4-6,11-12,17-22,27-28H,7-10,13-15H2,1-3H3/q4*+1/t18?,19-,20-,21-,22-,23+,25-,26-;16?,17-,18-,19-,20-,22+,24-,25-;17?,18-,19-,20-,21-,22+,24-,25+;17?,18-,19-,20-,21-,22+,24-,25-/m0000/s1. The number of pyridine rings is 4. The van der Waals surface area contributed by atoms with E-state index in [0.717, 1.165) is 166 Å². The van der Waals surface area contributed by atoms with Crippen molar-refractivity contribution < 1.29 is 69.0 Å². The van der Waals surface area contributed by atoms with Crippen LogP contribution in [0.15, 0.2) is 145 Å². The van der Waals surface area contributed by atoms with Crippen molar-refractivity contribution >= 4 is 22.8 Å². The summed E-state index contributed by atoms with van der Waals surface area (Å²) in [5, 5.41) is 97.3. The van der Waals surface area contributed by atoms with E-state index in [1.807, 2.05) is 6.07 Å². The maximum atomic E-state index is 11.4. The first-order valence-electron chi connectivity index (χ1n) is 46.3. The quantitative estimate of drug-likeness (QED) is 0.0800. The van der Waals surface area contributed by atoms with Crippen molar-refractivity contribution in [2.24, 2.45) is 138 Å². The molecule has 14 heteroatoms. The second kappa shape index (κ2) is 31.2. The molecular formula is C101H146N4O10+4. The maximum absolute atomic E-state index is 11.4. The van der Waals surface area contributed by atoms with Gasteiger partial charge in [-0.05, 0) is 347 Å². The molecule has 12 fully saturated rings. The van der Waals surface area contributed by atoms with Crippen LogP contribution in [0.25, 0.3) is 22.8 Å². The van der Waals surface area contributed by atoms with E-state index in [-0.39, 0.29) is 93.8 Å². The average molecular weight is 1580 g/mol. The van der Waals surface area contributed by atoms with Crippen LogP contribution in [0.3, 0.4) is 0 Å². The second-order valence-electron chi connectivity index (χ2n) is 43.0. The molecule has 14 nitrogen and oxygen atoms in total. The molecule has 16 aliphatic rings. The summed E-state index contributed by atoms with van der Waals surface area (Å²) in [5.74, 6) is 8.30. The fourth-order valence-corrected chi connectivity index (χ4v) is 32.9. The summed E-state index contributed by atoms with van der Waals surface area (Å²) < 4.78 is 15.1. The molecule has 0 amide bonds. The Bertz CT molecular complexity index is 4150. The summed E-state index contributed by atoms with van der Waals surface area (Å²) in [6.45, 7) is 24.1. The molecule has 16 aliphatic carbocycles. The number of aromatic nitrogens is 4. The molecule has 0 aliphatic heterocycles. The molecule has 4 unspecified atom stereocenters. The molecular weight excluding hydrogens is 1430 g/mol. The highest BCUT2D eigenvalue weighted by Crippen LogP contribution is 2.73. The zero-order valence-corrected chi connectivity index (χ0v) is 71.8. The van der Waals surface area contributed by atoms with E-state index in [9.17, 15) is 46.0 Å². The first-order valence-corrected chi connectivity index (χ1v) is 46.3. The van der Waals surface area contributed by atoms with Gasteiger partial charge in [-0.2, -0.15) is 18.3 Å². The number of ether oxygens (including phenoxy) is 1. The lowest BCUT2D eigenvalue weighted by Gasteiger charge is -2.61. The lowest BCUT2D eigenvalue weighted by molar-refractivity contribution is -0.591. The SMILES string of the molecule is CC1=C([n+]2ccccc2)[C@@]2(C)CC[C@H]3[C@@H]([C@@H](O)CC4C[C@@H](O)CC[C@@]43C)[C@@H]2C1.CC1=C([n+]2ccccc2)[C@@]2(CO)CC[C@H]3[C@@H]([C@@H](O)CC4C[C@@H](O)CC[C@@]43C)[C@@H]2C1.CC[C@]12CC[C@H]3[C@@H]([C@@H](O)CC4C[C@@H](O)CC[C@@]43C)[C@@H]1CC(C)=C2[n+]1ccccc1.COC1=C([n+]2ccccc2)[C@@]2(C)CC[C@H]3[C@@H]([C@@H](O)CC4C[C@@H](O)CC[C@@]43C)[C@@H]2C1. The summed E-state index contributed by atoms with van der Waals surface area (Å²) in [4.78, 5) is 0. The largest absolute Gasteiger partial charge is 0.495 e. The highest BCUT2D eigenvalue weighted by atomic mass is 16.5. The van der Waals surface area contributed by atoms with Gasteiger partial charge in [0, 0.05) is 55.0 Å². The third-order valence-electron chi connectivity index (χ3n) is 38.4. The summed E-state index contributed by atoms with van der Waals surface area (Å²) in [6.07, 6.45) is 45.1.